The van der Waals surface area contributed by atoms with Gasteiger partial charge in [-0.3, -0.25) is 4.79 Å². The molecule has 1 aliphatic rings. The zero-order chi connectivity index (χ0) is 19.1. The van der Waals surface area contributed by atoms with Gasteiger partial charge in [0.15, 0.2) is 0 Å². The summed E-state index contributed by atoms with van der Waals surface area (Å²) < 4.78 is 2.23. The summed E-state index contributed by atoms with van der Waals surface area (Å²) in [7, 11) is 0. The number of benzene rings is 3. The second kappa shape index (κ2) is 6.79. The van der Waals surface area contributed by atoms with Gasteiger partial charge in [0.25, 0.3) is 0 Å². The Balaban J connectivity index is 1.53. The molecule has 4 heteroatoms. The summed E-state index contributed by atoms with van der Waals surface area (Å²) >= 11 is 0. The predicted molar refractivity (Wildman–Crippen MR) is 112 cm³/mol. The first kappa shape index (κ1) is 17.0. The van der Waals surface area contributed by atoms with Crippen LogP contribution >= 0.6 is 0 Å². The zero-order valence-corrected chi connectivity index (χ0v) is 15.9. The van der Waals surface area contributed by atoms with Gasteiger partial charge in [-0.2, -0.15) is 0 Å². The van der Waals surface area contributed by atoms with E-state index in [2.05, 4.69) is 58.4 Å². The summed E-state index contributed by atoms with van der Waals surface area (Å²) in [5, 5.41) is 5.63. The summed E-state index contributed by atoms with van der Waals surface area (Å²) in [5.41, 5.74) is 3.29. The highest BCUT2D eigenvalue weighted by atomic mass is 16.2. The number of carbonyl (C=O) groups is 1. The van der Waals surface area contributed by atoms with Gasteiger partial charge in [0, 0.05) is 12.5 Å². The highest BCUT2D eigenvalue weighted by Gasteiger charge is 2.31. The van der Waals surface area contributed by atoms with Crippen molar-refractivity contribution in [1.29, 1.82) is 0 Å². The minimum Gasteiger partial charge on any atom is -0.346 e. The number of imidazole rings is 1. The van der Waals surface area contributed by atoms with Crippen LogP contribution in [0.4, 0.5) is 0 Å². The number of amides is 1. The molecule has 0 saturated heterocycles. The maximum absolute atomic E-state index is 12.3. The van der Waals surface area contributed by atoms with Gasteiger partial charge in [0.1, 0.15) is 5.82 Å². The van der Waals surface area contributed by atoms with E-state index in [0.717, 1.165) is 36.2 Å². The van der Waals surface area contributed by atoms with Crippen LogP contribution in [0.15, 0.2) is 66.7 Å². The molecule has 1 heterocycles. The normalized spacial score (nSPS) is 15.0. The van der Waals surface area contributed by atoms with E-state index >= 15 is 0 Å². The van der Waals surface area contributed by atoms with Crippen LogP contribution < -0.4 is 5.32 Å². The third-order valence-electron chi connectivity index (χ3n) is 5.53. The van der Waals surface area contributed by atoms with Crippen LogP contribution in [0.3, 0.4) is 0 Å². The maximum atomic E-state index is 12.3. The maximum Gasteiger partial charge on any atom is 0.223 e. The second-order valence-corrected chi connectivity index (χ2v) is 7.73. The summed E-state index contributed by atoms with van der Waals surface area (Å²) in [6.07, 6.45) is 2.01. The van der Waals surface area contributed by atoms with E-state index in [9.17, 15) is 4.79 Å². The molecule has 1 fully saturated rings. The molecule has 3 aromatic carbocycles. The molecule has 0 aliphatic heterocycles. The fourth-order valence-corrected chi connectivity index (χ4v) is 3.85. The molecule has 1 saturated carbocycles. The van der Waals surface area contributed by atoms with Crippen molar-refractivity contribution in [2.45, 2.75) is 32.4 Å². The number of rotatable bonds is 5. The lowest BCUT2D eigenvalue weighted by atomic mass is 10.1. The molecular formula is C24H23N3O. The van der Waals surface area contributed by atoms with Crippen molar-refractivity contribution < 1.29 is 4.79 Å². The third-order valence-corrected chi connectivity index (χ3v) is 5.53. The number of nitrogens with zero attached hydrogens (tertiary/aromatic N) is 2. The minimum absolute atomic E-state index is 0.124. The standard InChI is InChI=1S/C24H23N3O/c1-16(25-24(28)19-12-13-19)23-26-21-8-4-5-9-22(21)27(23)15-17-10-11-18-6-2-3-7-20(18)14-17/h2-11,14,16,19H,12-13,15H2,1H3,(H,25,28). The smallest absolute Gasteiger partial charge is 0.223 e. The molecule has 5 rings (SSSR count). The summed E-state index contributed by atoms with van der Waals surface area (Å²) in [6.45, 7) is 2.75. The number of hydrogen-bond donors (Lipinski definition) is 1. The van der Waals surface area contributed by atoms with Gasteiger partial charge in [-0.25, -0.2) is 4.98 Å². The Kier molecular flexibility index (Phi) is 4.12. The molecule has 0 spiro atoms. The summed E-state index contributed by atoms with van der Waals surface area (Å²) in [5.74, 6) is 1.25. The van der Waals surface area contributed by atoms with Gasteiger partial charge < -0.3 is 9.88 Å². The number of para-hydroxylation sites is 2. The van der Waals surface area contributed by atoms with E-state index in [1.54, 1.807) is 0 Å². The van der Waals surface area contributed by atoms with Crippen LogP contribution in [0, 0.1) is 5.92 Å². The Morgan fingerprint density at radius 2 is 1.82 bits per heavy atom. The quantitative estimate of drug-likeness (QED) is 0.548. The number of carbonyl (C=O) groups excluding carboxylic acids is 1. The Morgan fingerprint density at radius 3 is 2.64 bits per heavy atom. The van der Waals surface area contributed by atoms with Crippen LogP contribution in [0.25, 0.3) is 21.8 Å². The molecule has 1 atom stereocenters. The van der Waals surface area contributed by atoms with E-state index in [1.807, 2.05) is 25.1 Å². The average molecular weight is 369 g/mol. The van der Waals surface area contributed by atoms with Crippen molar-refractivity contribution in [3.63, 3.8) is 0 Å². The number of aromatic nitrogens is 2. The fraction of sp³-hybridized carbons (Fsp3) is 0.250. The van der Waals surface area contributed by atoms with E-state index in [0.29, 0.717) is 0 Å². The van der Waals surface area contributed by atoms with Crippen molar-refractivity contribution in [3.8, 4) is 0 Å². The first-order valence-electron chi connectivity index (χ1n) is 9.92. The highest BCUT2D eigenvalue weighted by Crippen LogP contribution is 2.30. The predicted octanol–water partition coefficient (Wildman–Crippen LogP) is 4.83. The van der Waals surface area contributed by atoms with Crippen molar-refractivity contribution in [2.24, 2.45) is 5.92 Å². The number of fused-ring (bicyclic) bond motifs is 2. The van der Waals surface area contributed by atoms with Crippen LogP contribution in [0.5, 0.6) is 0 Å². The van der Waals surface area contributed by atoms with Gasteiger partial charge in [-0.05, 0) is 54.3 Å². The van der Waals surface area contributed by atoms with Crippen LogP contribution in [-0.4, -0.2) is 15.5 Å². The molecule has 0 radical (unpaired) electrons. The number of nitrogens with one attached hydrogen (secondary N) is 1. The fourth-order valence-electron chi connectivity index (χ4n) is 3.85. The van der Waals surface area contributed by atoms with Crippen molar-refractivity contribution in [3.05, 3.63) is 78.1 Å². The summed E-state index contributed by atoms with van der Waals surface area (Å²) in [4.78, 5) is 17.1. The monoisotopic (exact) mass is 369 g/mol. The Labute approximate surface area is 164 Å². The van der Waals surface area contributed by atoms with Gasteiger partial charge in [0.05, 0.1) is 17.1 Å². The second-order valence-electron chi connectivity index (χ2n) is 7.73. The molecule has 1 amide bonds. The van der Waals surface area contributed by atoms with Gasteiger partial charge in [-0.15, -0.1) is 0 Å². The van der Waals surface area contributed by atoms with E-state index in [-0.39, 0.29) is 17.9 Å². The van der Waals surface area contributed by atoms with Crippen molar-refractivity contribution in [2.75, 3.05) is 0 Å². The van der Waals surface area contributed by atoms with Gasteiger partial charge in [-0.1, -0.05) is 48.5 Å². The van der Waals surface area contributed by atoms with Gasteiger partial charge >= 0.3 is 0 Å². The molecular weight excluding hydrogens is 346 g/mol. The highest BCUT2D eigenvalue weighted by molar-refractivity contribution is 5.83. The lowest BCUT2D eigenvalue weighted by Crippen LogP contribution is -2.29. The molecule has 1 aromatic heterocycles. The molecule has 1 N–H and O–H groups in total. The zero-order valence-electron chi connectivity index (χ0n) is 15.9. The third kappa shape index (κ3) is 3.15. The molecule has 28 heavy (non-hydrogen) atoms. The lowest BCUT2D eigenvalue weighted by Gasteiger charge is -2.17. The molecule has 1 unspecified atom stereocenters. The topological polar surface area (TPSA) is 46.9 Å². The first-order chi connectivity index (χ1) is 13.7. The molecule has 0 bridgehead atoms. The van der Waals surface area contributed by atoms with Gasteiger partial charge in [0.2, 0.25) is 5.91 Å². The molecule has 4 aromatic rings. The Hall–Kier alpha value is -3.14. The van der Waals surface area contributed by atoms with Crippen molar-refractivity contribution in [1.82, 2.24) is 14.9 Å². The minimum atomic E-state index is -0.124. The Bertz CT molecular complexity index is 1170. The van der Waals surface area contributed by atoms with E-state index < -0.39 is 0 Å². The van der Waals surface area contributed by atoms with Crippen LogP contribution in [-0.2, 0) is 11.3 Å². The average Bonchev–Trinajstić information content (AvgIpc) is 3.51. The molecule has 4 nitrogen and oxygen atoms in total. The lowest BCUT2D eigenvalue weighted by molar-refractivity contribution is -0.123. The SMILES string of the molecule is CC(NC(=O)C1CC1)c1nc2ccccc2n1Cc1ccc2ccccc2c1. The molecule has 140 valence electrons. The van der Waals surface area contributed by atoms with Crippen molar-refractivity contribution >= 4 is 27.7 Å². The van der Waals surface area contributed by atoms with E-state index in [4.69, 9.17) is 4.98 Å². The Morgan fingerprint density at radius 1 is 1.07 bits per heavy atom. The molecule has 1 aliphatic carbocycles. The van der Waals surface area contributed by atoms with E-state index in [1.165, 1.54) is 16.3 Å². The van der Waals surface area contributed by atoms with Crippen LogP contribution in [0.2, 0.25) is 0 Å². The summed E-state index contributed by atoms with van der Waals surface area (Å²) in [6, 6.07) is 23.0. The first-order valence-corrected chi connectivity index (χ1v) is 9.92. The largest absolute Gasteiger partial charge is 0.346 e. The number of hydrogen-bond acceptors (Lipinski definition) is 2. The van der Waals surface area contributed by atoms with Crippen LogP contribution in [0.1, 0.15) is 37.2 Å².